The van der Waals surface area contributed by atoms with Gasteiger partial charge in [-0.25, -0.2) is 4.57 Å². The fourth-order valence-corrected chi connectivity index (χ4v) is 7.58. The molecular weight excluding hydrogens is 819 g/mol. The molecule has 1 saturated carbocycles. The van der Waals surface area contributed by atoms with Crippen molar-refractivity contribution in [2.45, 2.75) is 204 Å². The van der Waals surface area contributed by atoms with Crippen LogP contribution in [-0.2, 0) is 32.7 Å². The molecule has 0 heterocycles. The van der Waals surface area contributed by atoms with Crippen molar-refractivity contribution in [2.24, 2.45) is 0 Å². The Hall–Kier alpha value is -2.49. The second-order valence-electron chi connectivity index (χ2n) is 16.0. The first kappa shape index (κ1) is 57.5. The van der Waals surface area contributed by atoms with E-state index in [2.05, 4.69) is 55.5 Å². The predicted octanol–water partition coefficient (Wildman–Crippen LogP) is 7.92. The van der Waals surface area contributed by atoms with Gasteiger partial charge in [0.05, 0.1) is 6.61 Å². The highest BCUT2D eigenvalue weighted by Gasteiger charge is 2.51. The smallest absolute Gasteiger partial charge is 0.462 e. The van der Waals surface area contributed by atoms with Crippen LogP contribution in [0, 0.1) is 0 Å². The van der Waals surface area contributed by atoms with Gasteiger partial charge in [-0.3, -0.25) is 18.6 Å². The minimum atomic E-state index is -5.14. The molecule has 15 heteroatoms. The molecule has 0 spiro atoms. The molecule has 1 aliphatic rings. The summed E-state index contributed by atoms with van der Waals surface area (Å²) in [5.74, 6) is -1.19. The number of phosphoric acid groups is 1. The Morgan fingerprint density at radius 3 is 1.48 bits per heavy atom. The van der Waals surface area contributed by atoms with E-state index in [9.17, 15) is 44.6 Å². The van der Waals surface area contributed by atoms with Crippen LogP contribution in [0.5, 0.6) is 0 Å². The van der Waals surface area contributed by atoms with E-state index in [4.69, 9.17) is 23.6 Å². The fourth-order valence-electron chi connectivity index (χ4n) is 6.61. The van der Waals surface area contributed by atoms with E-state index in [1.807, 2.05) is 12.2 Å². The number of carbonyl (C=O) groups excluding carboxylic acids is 2. The quantitative estimate of drug-likeness (QED) is 0.0135. The lowest BCUT2D eigenvalue weighted by Gasteiger charge is -2.41. The van der Waals surface area contributed by atoms with Gasteiger partial charge >= 0.3 is 19.8 Å². The Morgan fingerprint density at radius 1 is 0.532 bits per heavy atom. The van der Waals surface area contributed by atoms with Crippen molar-refractivity contribution in [2.75, 3.05) is 19.8 Å². The van der Waals surface area contributed by atoms with Crippen LogP contribution in [0.1, 0.15) is 161 Å². The third kappa shape index (κ3) is 29.8. The van der Waals surface area contributed by atoms with E-state index >= 15 is 0 Å². The monoisotopic (exact) mass is 901 g/mol. The minimum absolute atomic E-state index is 0.00814. The summed E-state index contributed by atoms with van der Waals surface area (Å²) in [6.45, 7) is 1.24. The third-order valence-electron chi connectivity index (χ3n) is 10.4. The number of phosphoric ester groups is 1. The largest absolute Gasteiger partial charge is 0.472 e. The maximum atomic E-state index is 12.8. The van der Waals surface area contributed by atoms with E-state index in [-0.39, 0.29) is 19.4 Å². The summed E-state index contributed by atoms with van der Waals surface area (Å²) in [7, 11) is -5.14. The topological polar surface area (TPSA) is 230 Å². The maximum Gasteiger partial charge on any atom is 0.472 e. The average Bonchev–Trinajstić information content (AvgIpc) is 3.25. The van der Waals surface area contributed by atoms with Crippen LogP contribution >= 0.6 is 7.82 Å². The molecule has 0 aromatic carbocycles. The second kappa shape index (κ2) is 37.8. The Balaban J connectivity index is 2.51. The molecule has 0 aromatic heterocycles. The molecule has 0 amide bonds. The van der Waals surface area contributed by atoms with Gasteiger partial charge < -0.3 is 45.0 Å². The molecule has 0 aliphatic heterocycles. The molecule has 1 rings (SSSR count). The zero-order valence-electron chi connectivity index (χ0n) is 37.3. The number of ether oxygens (including phenoxy) is 2. The van der Waals surface area contributed by atoms with Crippen molar-refractivity contribution in [3.63, 3.8) is 0 Å². The first-order chi connectivity index (χ1) is 29.9. The van der Waals surface area contributed by atoms with E-state index in [1.165, 1.54) is 38.5 Å². The first-order valence-corrected chi connectivity index (χ1v) is 24.7. The summed E-state index contributed by atoms with van der Waals surface area (Å²) in [5.41, 5.74) is 0. The van der Waals surface area contributed by atoms with Crippen LogP contribution in [0.4, 0.5) is 0 Å². The van der Waals surface area contributed by atoms with Crippen LogP contribution in [0.2, 0.25) is 0 Å². The van der Waals surface area contributed by atoms with Crippen molar-refractivity contribution in [3.05, 3.63) is 60.8 Å². The zero-order chi connectivity index (χ0) is 45.7. The molecule has 14 nitrogen and oxygen atoms in total. The lowest BCUT2D eigenvalue weighted by atomic mass is 9.85. The maximum absolute atomic E-state index is 12.8. The van der Waals surface area contributed by atoms with Crippen molar-refractivity contribution in [1.82, 2.24) is 0 Å². The van der Waals surface area contributed by atoms with Gasteiger partial charge in [0.2, 0.25) is 0 Å². The standard InChI is InChI=1S/C47H81O14P/c1-2-3-4-5-6-7-8-9-13-16-19-22-25-28-31-34-40(49)58-37-39(38-59-62(56,57)61-47-45(54)43(52)42(51)44(53)46(47)55)60-41(50)35-32-29-26-23-20-17-14-11-10-12-15-18-21-24-27-30-33-36-48/h7-8,10,12,14,17-18,21,23,26,39,42-48,51-55H,2-6,9,11,13,15-16,19-20,22,24-25,27-38H2,1H3,(H,56,57)/b8-7-,12-10-,17-14-,21-18-,26-23-/t39-,42?,43-,44+,45-,46-,47?/m1/s1. The van der Waals surface area contributed by atoms with E-state index < -0.39 is 75.7 Å². The number of unbranched alkanes of at least 4 members (excludes halogenated alkanes) is 15. The number of aliphatic hydroxyl groups is 6. The van der Waals surface area contributed by atoms with Crippen molar-refractivity contribution in [3.8, 4) is 0 Å². The number of esters is 2. The van der Waals surface area contributed by atoms with Gasteiger partial charge in [-0.1, -0.05) is 125 Å². The highest BCUT2D eigenvalue weighted by molar-refractivity contribution is 7.47. The molecule has 0 aromatic rings. The molecule has 358 valence electrons. The molecule has 0 radical (unpaired) electrons. The normalized spacial score (nSPS) is 22.4. The van der Waals surface area contributed by atoms with E-state index in [1.54, 1.807) is 0 Å². The minimum Gasteiger partial charge on any atom is -0.462 e. The number of hydrogen-bond acceptors (Lipinski definition) is 13. The molecule has 1 aliphatic carbocycles. The van der Waals surface area contributed by atoms with Crippen LogP contribution in [0.15, 0.2) is 60.8 Å². The lowest BCUT2D eigenvalue weighted by molar-refractivity contribution is -0.220. The molecule has 8 atom stereocenters. The molecular formula is C47H81O14P. The molecule has 3 unspecified atom stereocenters. The van der Waals surface area contributed by atoms with Crippen LogP contribution < -0.4 is 0 Å². The molecule has 0 bridgehead atoms. The molecule has 1 fully saturated rings. The SMILES string of the molecule is CCCCCC/C=C\CCCCCCCCCC(=O)OC[C@H](COP(=O)(O)OC1[C@H](O)[C@H](O)C(O)[C@H](O)[C@H]1O)OC(=O)CCC/C=C\C/C=C\C/C=C\C/C=C\CCCCCO. The summed E-state index contributed by atoms with van der Waals surface area (Å²) in [5, 5.41) is 58.9. The Kier molecular flexibility index (Phi) is 35.1. The Bertz CT molecular complexity index is 1320. The van der Waals surface area contributed by atoms with Crippen LogP contribution in [0.3, 0.4) is 0 Å². The van der Waals surface area contributed by atoms with Crippen molar-refractivity contribution in [1.29, 1.82) is 0 Å². The molecule has 62 heavy (non-hydrogen) atoms. The molecule has 0 saturated heterocycles. The van der Waals surface area contributed by atoms with E-state index in [0.29, 0.717) is 19.3 Å². The van der Waals surface area contributed by atoms with Crippen LogP contribution in [0.25, 0.3) is 0 Å². The second-order valence-corrected chi connectivity index (χ2v) is 17.4. The van der Waals surface area contributed by atoms with Crippen molar-refractivity contribution >= 4 is 19.8 Å². The average molecular weight is 901 g/mol. The Morgan fingerprint density at radius 2 is 0.952 bits per heavy atom. The van der Waals surface area contributed by atoms with Gasteiger partial charge in [-0.15, -0.1) is 0 Å². The number of rotatable bonds is 38. The van der Waals surface area contributed by atoms with Gasteiger partial charge in [0, 0.05) is 19.4 Å². The van der Waals surface area contributed by atoms with Gasteiger partial charge in [0.25, 0.3) is 0 Å². The molecule has 7 N–H and O–H groups in total. The first-order valence-electron chi connectivity index (χ1n) is 23.2. The summed E-state index contributed by atoms with van der Waals surface area (Å²) in [6.07, 6.45) is 30.0. The highest BCUT2D eigenvalue weighted by atomic mass is 31.2. The lowest BCUT2D eigenvalue weighted by Crippen LogP contribution is -2.64. The van der Waals surface area contributed by atoms with E-state index in [0.717, 1.165) is 83.5 Å². The van der Waals surface area contributed by atoms with Crippen LogP contribution in [-0.4, -0.2) is 110 Å². The summed E-state index contributed by atoms with van der Waals surface area (Å²) in [6, 6.07) is 0. The fraction of sp³-hybridized carbons (Fsp3) is 0.745. The predicted molar refractivity (Wildman–Crippen MR) is 241 cm³/mol. The number of allylic oxidation sites excluding steroid dienone is 10. The number of hydrogen-bond donors (Lipinski definition) is 7. The zero-order valence-corrected chi connectivity index (χ0v) is 38.2. The number of aliphatic hydroxyl groups excluding tert-OH is 6. The van der Waals surface area contributed by atoms with Gasteiger partial charge in [-0.2, -0.15) is 0 Å². The Labute approximate surface area is 371 Å². The summed E-state index contributed by atoms with van der Waals surface area (Å²) >= 11 is 0. The van der Waals surface area contributed by atoms with Gasteiger partial charge in [0.1, 0.15) is 43.2 Å². The van der Waals surface area contributed by atoms with Gasteiger partial charge in [0.15, 0.2) is 6.10 Å². The third-order valence-corrected chi connectivity index (χ3v) is 11.4. The van der Waals surface area contributed by atoms with Gasteiger partial charge in [-0.05, 0) is 83.5 Å². The van der Waals surface area contributed by atoms with Crippen molar-refractivity contribution < 1.29 is 68.2 Å². The summed E-state index contributed by atoms with van der Waals surface area (Å²) < 4.78 is 33.4. The highest BCUT2D eigenvalue weighted by Crippen LogP contribution is 2.47. The number of carbonyl (C=O) groups is 2. The summed E-state index contributed by atoms with van der Waals surface area (Å²) in [4.78, 5) is 35.7.